The molecule has 1 N–H and O–H groups in total. The molecule has 0 aliphatic rings. The lowest BCUT2D eigenvalue weighted by Crippen LogP contribution is -2.19. The summed E-state index contributed by atoms with van der Waals surface area (Å²) >= 11 is 0. The Hall–Kier alpha value is -1.88. The van der Waals surface area contributed by atoms with Gasteiger partial charge in [-0.05, 0) is 37.6 Å². The molecule has 1 aromatic carbocycles. The van der Waals surface area contributed by atoms with E-state index in [4.69, 9.17) is 9.26 Å². The lowest BCUT2D eigenvalue weighted by molar-refractivity contribution is 0.246. The number of aromatic nitrogens is 1. The molecule has 2 aromatic rings. The number of aryl methyl sites for hydroxylation is 1. The summed E-state index contributed by atoms with van der Waals surface area (Å²) in [6, 6.07) is 6.35. The zero-order chi connectivity index (χ0) is 15.2. The molecule has 0 unspecified atom stereocenters. The summed E-state index contributed by atoms with van der Waals surface area (Å²) in [4.78, 5) is 0. The topological polar surface area (TPSA) is 47.3 Å². The first-order valence-electron chi connectivity index (χ1n) is 7.08. The van der Waals surface area contributed by atoms with E-state index in [-0.39, 0.29) is 12.4 Å². The number of halogens is 1. The minimum atomic E-state index is -0.265. The Morgan fingerprint density at radius 3 is 2.81 bits per heavy atom. The van der Waals surface area contributed by atoms with Crippen LogP contribution < -0.4 is 10.1 Å². The standard InChI is InChI=1S/C16H21FN2O2/c1-11(2)8-18-9-13-7-14(17)4-5-16(13)20-10-15-6-12(3)19-21-15/h4-7,11,18H,8-10H2,1-3H3. The Morgan fingerprint density at radius 1 is 1.33 bits per heavy atom. The minimum Gasteiger partial charge on any atom is -0.485 e. The second kappa shape index (κ2) is 7.22. The Balaban J connectivity index is 2.00. The summed E-state index contributed by atoms with van der Waals surface area (Å²) in [5, 5.41) is 7.10. The number of hydrogen-bond donors (Lipinski definition) is 1. The molecule has 1 aromatic heterocycles. The molecule has 0 amide bonds. The van der Waals surface area contributed by atoms with Gasteiger partial charge < -0.3 is 14.6 Å². The molecule has 0 aliphatic carbocycles. The summed E-state index contributed by atoms with van der Waals surface area (Å²) in [5.74, 6) is 1.58. The van der Waals surface area contributed by atoms with Gasteiger partial charge in [0, 0.05) is 18.2 Å². The molecule has 0 saturated heterocycles. The van der Waals surface area contributed by atoms with E-state index >= 15 is 0 Å². The fraction of sp³-hybridized carbons (Fsp3) is 0.438. The van der Waals surface area contributed by atoms with E-state index in [0.29, 0.717) is 24.0 Å². The number of nitrogens with one attached hydrogen (secondary N) is 1. The number of rotatable bonds is 7. The highest BCUT2D eigenvalue weighted by Crippen LogP contribution is 2.21. The minimum absolute atomic E-state index is 0.265. The first kappa shape index (κ1) is 15.5. The van der Waals surface area contributed by atoms with Crippen LogP contribution in [-0.4, -0.2) is 11.7 Å². The molecule has 0 spiro atoms. The van der Waals surface area contributed by atoms with Gasteiger partial charge in [-0.3, -0.25) is 0 Å². The average Bonchev–Trinajstić information content (AvgIpc) is 2.83. The van der Waals surface area contributed by atoms with Crippen LogP contribution in [0.25, 0.3) is 0 Å². The lowest BCUT2D eigenvalue weighted by atomic mass is 10.1. The molecule has 0 atom stereocenters. The Kier molecular flexibility index (Phi) is 5.33. The molecule has 4 nitrogen and oxygen atoms in total. The summed E-state index contributed by atoms with van der Waals surface area (Å²) in [7, 11) is 0. The van der Waals surface area contributed by atoms with Gasteiger partial charge in [-0.15, -0.1) is 0 Å². The van der Waals surface area contributed by atoms with Crippen LogP contribution in [0.5, 0.6) is 5.75 Å². The quantitative estimate of drug-likeness (QED) is 0.849. The first-order chi connectivity index (χ1) is 10.0. The van der Waals surface area contributed by atoms with Crippen LogP contribution in [0, 0.1) is 18.7 Å². The highest BCUT2D eigenvalue weighted by molar-refractivity contribution is 5.34. The van der Waals surface area contributed by atoms with Gasteiger partial charge in [-0.2, -0.15) is 0 Å². The molecule has 0 saturated carbocycles. The fourth-order valence-electron chi connectivity index (χ4n) is 1.96. The van der Waals surface area contributed by atoms with Crippen LogP contribution in [-0.2, 0) is 13.2 Å². The molecule has 2 rings (SSSR count). The number of benzene rings is 1. The molecular weight excluding hydrogens is 271 g/mol. The van der Waals surface area contributed by atoms with Crippen LogP contribution in [0.3, 0.4) is 0 Å². The van der Waals surface area contributed by atoms with Crippen molar-refractivity contribution in [1.29, 1.82) is 0 Å². The van der Waals surface area contributed by atoms with Crippen molar-refractivity contribution in [3.8, 4) is 5.75 Å². The van der Waals surface area contributed by atoms with Gasteiger partial charge in [0.15, 0.2) is 5.76 Å². The molecule has 0 fully saturated rings. The van der Waals surface area contributed by atoms with Crippen molar-refractivity contribution < 1.29 is 13.7 Å². The van der Waals surface area contributed by atoms with Crippen molar-refractivity contribution in [1.82, 2.24) is 10.5 Å². The van der Waals surface area contributed by atoms with Crippen LogP contribution in [0.4, 0.5) is 4.39 Å². The van der Waals surface area contributed by atoms with Gasteiger partial charge in [-0.25, -0.2) is 4.39 Å². The van der Waals surface area contributed by atoms with E-state index in [0.717, 1.165) is 17.8 Å². The van der Waals surface area contributed by atoms with Crippen molar-refractivity contribution in [2.24, 2.45) is 5.92 Å². The molecule has 5 heteroatoms. The van der Waals surface area contributed by atoms with E-state index in [1.54, 1.807) is 6.07 Å². The van der Waals surface area contributed by atoms with Crippen molar-refractivity contribution in [3.63, 3.8) is 0 Å². The van der Waals surface area contributed by atoms with Crippen LogP contribution >= 0.6 is 0 Å². The molecule has 1 heterocycles. The van der Waals surface area contributed by atoms with Crippen molar-refractivity contribution >= 4 is 0 Å². The maximum absolute atomic E-state index is 13.4. The van der Waals surface area contributed by atoms with Crippen molar-refractivity contribution in [2.45, 2.75) is 33.9 Å². The number of hydrogen-bond acceptors (Lipinski definition) is 4. The van der Waals surface area contributed by atoms with E-state index in [1.165, 1.54) is 12.1 Å². The predicted octanol–water partition coefficient (Wildman–Crippen LogP) is 3.45. The Morgan fingerprint density at radius 2 is 2.14 bits per heavy atom. The molecule has 0 bridgehead atoms. The SMILES string of the molecule is Cc1cc(COc2ccc(F)cc2CNCC(C)C)on1. The highest BCUT2D eigenvalue weighted by Gasteiger charge is 2.08. The highest BCUT2D eigenvalue weighted by atomic mass is 19.1. The summed E-state index contributed by atoms with van der Waals surface area (Å²) in [6.45, 7) is 7.83. The summed E-state index contributed by atoms with van der Waals surface area (Å²) in [5.41, 5.74) is 1.61. The monoisotopic (exact) mass is 292 g/mol. The predicted molar refractivity (Wildman–Crippen MR) is 78.5 cm³/mol. The second-order valence-electron chi connectivity index (χ2n) is 5.50. The molecule has 0 radical (unpaired) electrons. The second-order valence-corrected chi connectivity index (χ2v) is 5.50. The summed E-state index contributed by atoms with van der Waals surface area (Å²) in [6.07, 6.45) is 0. The smallest absolute Gasteiger partial charge is 0.174 e. The van der Waals surface area contributed by atoms with Gasteiger partial charge in [0.1, 0.15) is 18.2 Å². The molecular formula is C16H21FN2O2. The maximum Gasteiger partial charge on any atom is 0.174 e. The third-order valence-electron chi connectivity index (χ3n) is 2.94. The van der Waals surface area contributed by atoms with Gasteiger partial charge in [-0.1, -0.05) is 19.0 Å². The van der Waals surface area contributed by atoms with Crippen LogP contribution in [0.1, 0.15) is 30.9 Å². The molecule has 21 heavy (non-hydrogen) atoms. The van der Waals surface area contributed by atoms with Gasteiger partial charge >= 0.3 is 0 Å². The van der Waals surface area contributed by atoms with Crippen LogP contribution in [0.15, 0.2) is 28.8 Å². The average molecular weight is 292 g/mol. The lowest BCUT2D eigenvalue weighted by Gasteiger charge is -2.12. The normalized spacial score (nSPS) is 11.1. The van der Waals surface area contributed by atoms with E-state index in [9.17, 15) is 4.39 Å². The van der Waals surface area contributed by atoms with E-state index in [2.05, 4.69) is 24.3 Å². The van der Waals surface area contributed by atoms with Crippen molar-refractivity contribution in [2.75, 3.05) is 6.54 Å². The van der Waals surface area contributed by atoms with Gasteiger partial charge in [0.2, 0.25) is 0 Å². The zero-order valence-electron chi connectivity index (χ0n) is 12.6. The fourth-order valence-corrected chi connectivity index (χ4v) is 1.96. The number of ether oxygens (including phenoxy) is 1. The Bertz CT molecular complexity index is 581. The third-order valence-corrected chi connectivity index (χ3v) is 2.94. The third kappa shape index (κ3) is 4.86. The molecule has 114 valence electrons. The molecule has 0 aliphatic heterocycles. The van der Waals surface area contributed by atoms with Gasteiger partial charge in [0.25, 0.3) is 0 Å². The summed E-state index contributed by atoms with van der Waals surface area (Å²) < 4.78 is 24.2. The van der Waals surface area contributed by atoms with Crippen LogP contribution in [0.2, 0.25) is 0 Å². The van der Waals surface area contributed by atoms with Crippen molar-refractivity contribution in [3.05, 3.63) is 47.1 Å². The maximum atomic E-state index is 13.4. The van der Waals surface area contributed by atoms with Gasteiger partial charge in [0.05, 0.1) is 5.69 Å². The van der Waals surface area contributed by atoms with E-state index < -0.39 is 0 Å². The number of nitrogens with zero attached hydrogens (tertiary/aromatic N) is 1. The Labute approximate surface area is 124 Å². The largest absolute Gasteiger partial charge is 0.485 e. The van der Waals surface area contributed by atoms with E-state index in [1.807, 2.05) is 13.0 Å². The zero-order valence-corrected chi connectivity index (χ0v) is 12.6. The first-order valence-corrected chi connectivity index (χ1v) is 7.08.